The first-order valence-corrected chi connectivity index (χ1v) is 6.68. The number of aromatic nitrogens is 2. The number of esters is 1. The van der Waals surface area contributed by atoms with E-state index in [-0.39, 0.29) is 5.82 Å². The van der Waals surface area contributed by atoms with E-state index in [0.717, 1.165) is 0 Å². The molecule has 1 N–H and O–H groups in total. The van der Waals surface area contributed by atoms with Crippen molar-refractivity contribution in [3.63, 3.8) is 0 Å². The molecule has 0 aromatic carbocycles. The summed E-state index contributed by atoms with van der Waals surface area (Å²) in [5, 5.41) is 2.60. The summed E-state index contributed by atoms with van der Waals surface area (Å²) < 4.78 is 9.58. The van der Waals surface area contributed by atoms with Gasteiger partial charge in [-0.1, -0.05) is 11.8 Å². The molecule has 0 fully saturated rings. The SMILES string of the molecule is COC(=O)c1ncc(C#CCCNC(=O)OC(C)(C)C)cn1. The Morgan fingerprint density at radius 2 is 1.91 bits per heavy atom. The highest BCUT2D eigenvalue weighted by Crippen LogP contribution is 2.06. The van der Waals surface area contributed by atoms with E-state index >= 15 is 0 Å². The topological polar surface area (TPSA) is 90.4 Å². The number of carbonyl (C=O) groups excluding carboxylic acids is 2. The lowest BCUT2D eigenvalue weighted by Crippen LogP contribution is -2.32. The van der Waals surface area contributed by atoms with Crippen molar-refractivity contribution in [2.24, 2.45) is 0 Å². The minimum Gasteiger partial charge on any atom is -0.463 e. The van der Waals surface area contributed by atoms with Gasteiger partial charge in [0.15, 0.2) is 0 Å². The van der Waals surface area contributed by atoms with Gasteiger partial charge in [0.25, 0.3) is 0 Å². The fourth-order valence-corrected chi connectivity index (χ4v) is 1.30. The normalized spacial score (nSPS) is 10.2. The van der Waals surface area contributed by atoms with Crippen LogP contribution in [0.25, 0.3) is 0 Å². The first-order valence-electron chi connectivity index (χ1n) is 6.68. The zero-order valence-corrected chi connectivity index (χ0v) is 13.1. The molecular formula is C15H19N3O4. The monoisotopic (exact) mass is 305 g/mol. The molecule has 118 valence electrons. The molecule has 0 aliphatic heterocycles. The summed E-state index contributed by atoms with van der Waals surface area (Å²) in [6.07, 6.45) is 2.86. The minimum atomic E-state index is -0.596. The molecular weight excluding hydrogens is 286 g/mol. The molecule has 0 bridgehead atoms. The standard InChI is InChI=1S/C15H19N3O4/c1-15(2,3)22-14(20)16-8-6-5-7-11-9-17-12(18-10-11)13(19)21-4/h9-10H,6,8H2,1-4H3,(H,16,20). The molecule has 0 aliphatic rings. The van der Waals surface area contributed by atoms with Gasteiger partial charge in [0.05, 0.1) is 12.7 Å². The van der Waals surface area contributed by atoms with Crippen molar-refractivity contribution in [1.29, 1.82) is 0 Å². The Morgan fingerprint density at radius 1 is 1.27 bits per heavy atom. The van der Waals surface area contributed by atoms with Gasteiger partial charge in [-0.15, -0.1) is 0 Å². The lowest BCUT2D eigenvalue weighted by Gasteiger charge is -2.19. The summed E-state index contributed by atoms with van der Waals surface area (Å²) >= 11 is 0. The van der Waals surface area contributed by atoms with E-state index in [4.69, 9.17) is 4.74 Å². The Hall–Kier alpha value is -2.62. The summed E-state index contributed by atoms with van der Waals surface area (Å²) in [5.41, 5.74) is 0.0546. The number of ether oxygens (including phenoxy) is 2. The Kier molecular flexibility index (Phi) is 6.32. The van der Waals surface area contributed by atoms with Crippen LogP contribution in [0.15, 0.2) is 12.4 Å². The molecule has 0 aliphatic carbocycles. The van der Waals surface area contributed by atoms with Crippen LogP contribution in [-0.4, -0.2) is 41.3 Å². The third kappa shape index (κ3) is 6.70. The largest absolute Gasteiger partial charge is 0.463 e. The van der Waals surface area contributed by atoms with Crippen LogP contribution < -0.4 is 5.32 Å². The number of carbonyl (C=O) groups is 2. The first kappa shape index (κ1) is 17.4. The van der Waals surface area contributed by atoms with Crippen LogP contribution in [0.3, 0.4) is 0 Å². The molecule has 7 heteroatoms. The van der Waals surface area contributed by atoms with Crippen molar-refractivity contribution >= 4 is 12.1 Å². The van der Waals surface area contributed by atoms with Crippen LogP contribution in [0, 0.1) is 11.8 Å². The molecule has 1 aromatic rings. The number of nitrogens with one attached hydrogen (secondary N) is 1. The maximum Gasteiger partial charge on any atom is 0.407 e. The molecule has 22 heavy (non-hydrogen) atoms. The van der Waals surface area contributed by atoms with Gasteiger partial charge in [0, 0.05) is 25.4 Å². The van der Waals surface area contributed by atoms with Crippen LogP contribution in [0.2, 0.25) is 0 Å². The van der Waals surface area contributed by atoms with Crippen molar-refractivity contribution < 1.29 is 19.1 Å². The van der Waals surface area contributed by atoms with Gasteiger partial charge in [-0.3, -0.25) is 0 Å². The third-order valence-corrected chi connectivity index (χ3v) is 2.17. The number of hydrogen-bond acceptors (Lipinski definition) is 6. The number of rotatable bonds is 3. The Labute approximate surface area is 129 Å². The van der Waals surface area contributed by atoms with Crippen LogP contribution in [0.5, 0.6) is 0 Å². The smallest absolute Gasteiger partial charge is 0.407 e. The quantitative estimate of drug-likeness (QED) is 0.517. The molecule has 1 aromatic heterocycles. The van der Waals surface area contributed by atoms with E-state index in [1.165, 1.54) is 19.5 Å². The van der Waals surface area contributed by atoms with Crippen molar-refractivity contribution in [2.45, 2.75) is 32.8 Å². The highest BCUT2D eigenvalue weighted by molar-refractivity contribution is 5.84. The van der Waals surface area contributed by atoms with Crippen molar-refractivity contribution in [3.8, 4) is 11.8 Å². The van der Waals surface area contributed by atoms with Gasteiger partial charge >= 0.3 is 12.1 Å². The summed E-state index contributed by atoms with van der Waals surface area (Å²) in [4.78, 5) is 30.2. The van der Waals surface area contributed by atoms with Gasteiger partial charge in [0.1, 0.15) is 5.60 Å². The highest BCUT2D eigenvalue weighted by atomic mass is 16.6. The number of alkyl carbamates (subject to hydrolysis) is 1. The maximum absolute atomic E-state index is 11.4. The molecule has 0 unspecified atom stereocenters. The van der Waals surface area contributed by atoms with E-state index < -0.39 is 17.7 Å². The van der Waals surface area contributed by atoms with Crippen molar-refractivity contribution in [2.75, 3.05) is 13.7 Å². The molecule has 0 atom stereocenters. The second-order valence-electron chi connectivity index (χ2n) is 5.27. The summed E-state index contributed by atoms with van der Waals surface area (Å²) in [6.45, 7) is 5.77. The zero-order chi connectivity index (χ0) is 16.6. The number of methoxy groups -OCH3 is 1. The van der Waals surface area contributed by atoms with Gasteiger partial charge in [-0.2, -0.15) is 0 Å². The molecule has 0 radical (unpaired) electrons. The molecule has 7 nitrogen and oxygen atoms in total. The predicted molar refractivity (Wildman–Crippen MR) is 79.1 cm³/mol. The van der Waals surface area contributed by atoms with E-state index in [0.29, 0.717) is 18.5 Å². The van der Waals surface area contributed by atoms with Crippen LogP contribution in [-0.2, 0) is 9.47 Å². The molecule has 1 rings (SSSR count). The second-order valence-corrected chi connectivity index (χ2v) is 5.27. The van der Waals surface area contributed by atoms with E-state index in [1.54, 1.807) is 20.8 Å². The molecule has 1 amide bonds. The van der Waals surface area contributed by atoms with Gasteiger partial charge in [-0.25, -0.2) is 19.6 Å². The van der Waals surface area contributed by atoms with Gasteiger partial charge in [0.2, 0.25) is 5.82 Å². The zero-order valence-electron chi connectivity index (χ0n) is 13.1. The second kappa shape index (κ2) is 7.98. The summed E-state index contributed by atoms with van der Waals surface area (Å²) in [5.74, 6) is 5.09. The van der Waals surface area contributed by atoms with Crippen LogP contribution >= 0.6 is 0 Å². The minimum absolute atomic E-state index is 0.0142. The first-order chi connectivity index (χ1) is 10.3. The number of hydrogen-bond donors (Lipinski definition) is 1. The third-order valence-electron chi connectivity index (χ3n) is 2.17. The Morgan fingerprint density at radius 3 is 2.45 bits per heavy atom. The molecule has 1 heterocycles. The number of nitrogens with zero attached hydrogens (tertiary/aromatic N) is 2. The van der Waals surface area contributed by atoms with E-state index in [9.17, 15) is 9.59 Å². The summed E-state index contributed by atoms with van der Waals surface area (Å²) in [7, 11) is 1.26. The van der Waals surface area contributed by atoms with Crippen LogP contribution in [0.1, 0.15) is 43.4 Å². The Bertz CT molecular complexity index is 580. The molecule has 0 saturated carbocycles. The average Bonchev–Trinajstić information content (AvgIpc) is 2.45. The Balaban J connectivity index is 2.39. The fraction of sp³-hybridized carbons (Fsp3) is 0.467. The number of amides is 1. The predicted octanol–water partition coefficient (Wildman–Crippen LogP) is 1.53. The average molecular weight is 305 g/mol. The molecule has 0 saturated heterocycles. The fourth-order valence-electron chi connectivity index (χ4n) is 1.30. The lowest BCUT2D eigenvalue weighted by molar-refractivity contribution is 0.0527. The van der Waals surface area contributed by atoms with Gasteiger partial charge in [-0.05, 0) is 20.8 Å². The molecule has 0 spiro atoms. The van der Waals surface area contributed by atoms with Gasteiger partial charge < -0.3 is 14.8 Å². The van der Waals surface area contributed by atoms with Crippen molar-refractivity contribution in [3.05, 3.63) is 23.8 Å². The van der Waals surface area contributed by atoms with E-state index in [1.807, 2.05) is 0 Å². The maximum atomic E-state index is 11.4. The highest BCUT2D eigenvalue weighted by Gasteiger charge is 2.15. The van der Waals surface area contributed by atoms with E-state index in [2.05, 4.69) is 31.9 Å². The lowest BCUT2D eigenvalue weighted by atomic mass is 10.2. The van der Waals surface area contributed by atoms with Crippen LogP contribution in [0.4, 0.5) is 4.79 Å². The van der Waals surface area contributed by atoms with Crippen molar-refractivity contribution in [1.82, 2.24) is 15.3 Å². The summed E-state index contributed by atoms with van der Waals surface area (Å²) in [6, 6.07) is 0.